The molecule has 0 amide bonds. The lowest BCUT2D eigenvalue weighted by atomic mass is 9.93. The van der Waals surface area contributed by atoms with Gasteiger partial charge in [-0.2, -0.15) is 0 Å². The number of piperazine rings is 1. The Hall–Kier alpha value is -1.39. The Labute approximate surface area is 127 Å². The molecule has 1 atom stereocenters. The summed E-state index contributed by atoms with van der Waals surface area (Å²) in [6.07, 6.45) is 0.594. The molecule has 116 valence electrons. The normalized spacial score (nSPS) is 18.7. The minimum Gasteiger partial charge on any atom is -0.480 e. The van der Waals surface area contributed by atoms with Crippen molar-refractivity contribution in [1.29, 1.82) is 0 Å². The molecule has 1 saturated heterocycles. The summed E-state index contributed by atoms with van der Waals surface area (Å²) in [5.74, 6) is -0.709. The van der Waals surface area contributed by atoms with Crippen LogP contribution in [0.3, 0.4) is 0 Å². The molecule has 0 aromatic heterocycles. The zero-order valence-electron chi connectivity index (χ0n) is 13.5. The zero-order valence-corrected chi connectivity index (χ0v) is 13.5. The molecule has 1 aromatic rings. The van der Waals surface area contributed by atoms with E-state index in [0.717, 1.165) is 26.2 Å². The Morgan fingerprint density at radius 2 is 1.67 bits per heavy atom. The van der Waals surface area contributed by atoms with Crippen LogP contribution in [0.1, 0.15) is 22.3 Å². The minimum atomic E-state index is -0.709. The van der Waals surface area contributed by atoms with Gasteiger partial charge in [-0.15, -0.1) is 0 Å². The lowest BCUT2D eigenvalue weighted by molar-refractivity contribution is -0.144. The molecule has 1 aromatic carbocycles. The van der Waals surface area contributed by atoms with Crippen LogP contribution >= 0.6 is 0 Å². The number of aliphatic carboxylic acids is 1. The number of hydrogen-bond donors (Lipinski definition) is 1. The molecule has 0 bridgehead atoms. The zero-order chi connectivity index (χ0) is 15.6. The van der Waals surface area contributed by atoms with E-state index in [2.05, 4.69) is 49.8 Å². The molecule has 2 rings (SSSR count). The maximum absolute atomic E-state index is 11.7. The Kier molecular flexibility index (Phi) is 5.01. The number of carbonyl (C=O) groups is 1. The number of nitrogens with zero attached hydrogens (tertiary/aromatic N) is 2. The van der Waals surface area contributed by atoms with Gasteiger partial charge in [0.15, 0.2) is 0 Å². The first-order valence-corrected chi connectivity index (χ1v) is 7.60. The van der Waals surface area contributed by atoms with Crippen LogP contribution in [0.4, 0.5) is 0 Å². The summed E-state index contributed by atoms with van der Waals surface area (Å²) in [4.78, 5) is 16.1. The van der Waals surface area contributed by atoms with E-state index in [-0.39, 0.29) is 0 Å². The van der Waals surface area contributed by atoms with Gasteiger partial charge in [0.25, 0.3) is 0 Å². The van der Waals surface area contributed by atoms with Gasteiger partial charge in [-0.05, 0) is 50.9 Å². The number of carboxylic acids is 1. The van der Waals surface area contributed by atoms with E-state index in [1.807, 2.05) is 0 Å². The van der Waals surface area contributed by atoms with Crippen LogP contribution in [0.25, 0.3) is 0 Å². The van der Waals surface area contributed by atoms with Crippen LogP contribution in [0.2, 0.25) is 0 Å². The molecule has 0 spiro atoms. The molecule has 1 heterocycles. The van der Waals surface area contributed by atoms with Gasteiger partial charge in [0.1, 0.15) is 6.04 Å². The number of rotatable bonds is 4. The summed E-state index contributed by atoms with van der Waals surface area (Å²) in [6, 6.07) is 3.87. The summed E-state index contributed by atoms with van der Waals surface area (Å²) in [5, 5.41) is 9.63. The highest BCUT2D eigenvalue weighted by Gasteiger charge is 2.29. The Morgan fingerprint density at radius 3 is 2.14 bits per heavy atom. The summed E-state index contributed by atoms with van der Waals surface area (Å²) in [5.41, 5.74) is 4.83. The lowest BCUT2D eigenvalue weighted by Gasteiger charge is -2.36. The lowest BCUT2D eigenvalue weighted by Crippen LogP contribution is -2.52. The van der Waals surface area contributed by atoms with E-state index in [1.54, 1.807) is 0 Å². The van der Waals surface area contributed by atoms with E-state index in [9.17, 15) is 9.90 Å². The van der Waals surface area contributed by atoms with Gasteiger partial charge in [0, 0.05) is 26.2 Å². The second kappa shape index (κ2) is 6.58. The largest absolute Gasteiger partial charge is 0.480 e. The molecule has 4 heteroatoms. The van der Waals surface area contributed by atoms with Crippen LogP contribution < -0.4 is 0 Å². The van der Waals surface area contributed by atoms with Crippen molar-refractivity contribution in [2.75, 3.05) is 33.2 Å². The van der Waals surface area contributed by atoms with Crippen LogP contribution in [0, 0.1) is 20.8 Å². The third-order valence-corrected chi connectivity index (χ3v) is 4.50. The fourth-order valence-electron chi connectivity index (χ4n) is 3.23. The van der Waals surface area contributed by atoms with Crippen molar-refractivity contribution >= 4 is 5.97 Å². The van der Waals surface area contributed by atoms with E-state index in [0.29, 0.717) is 6.42 Å². The van der Waals surface area contributed by atoms with Gasteiger partial charge in [-0.3, -0.25) is 9.69 Å². The van der Waals surface area contributed by atoms with E-state index in [4.69, 9.17) is 0 Å². The standard InChI is InChI=1S/C17H26N2O2/c1-12-9-13(2)15(14(3)10-12)11-16(17(20)21)19-7-5-18(4)6-8-19/h9-10,16H,5-8,11H2,1-4H3,(H,20,21). The van der Waals surface area contributed by atoms with Gasteiger partial charge in [-0.1, -0.05) is 17.7 Å². The molecule has 1 fully saturated rings. The highest BCUT2D eigenvalue weighted by atomic mass is 16.4. The average molecular weight is 290 g/mol. The highest BCUT2D eigenvalue weighted by Crippen LogP contribution is 2.20. The van der Waals surface area contributed by atoms with Crippen molar-refractivity contribution in [1.82, 2.24) is 9.80 Å². The highest BCUT2D eigenvalue weighted by molar-refractivity contribution is 5.74. The third-order valence-electron chi connectivity index (χ3n) is 4.50. The van der Waals surface area contributed by atoms with Crippen molar-refractivity contribution < 1.29 is 9.90 Å². The maximum Gasteiger partial charge on any atom is 0.321 e. The second-order valence-corrected chi connectivity index (χ2v) is 6.27. The summed E-state index contributed by atoms with van der Waals surface area (Å²) in [7, 11) is 2.08. The van der Waals surface area contributed by atoms with Crippen molar-refractivity contribution in [2.45, 2.75) is 33.2 Å². The van der Waals surface area contributed by atoms with Crippen molar-refractivity contribution in [3.8, 4) is 0 Å². The smallest absolute Gasteiger partial charge is 0.321 e. The molecular formula is C17H26N2O2. The first kappa shape index (κ1) is 16.0. The summed E-state index contributed by atoms with van der Waals surface area (Å²) < 4.78 is 0. The minimum absolute atomic E-state index is 0.418. The predicted molar refractivity (Wildman–Crippen MR) is 84.9 cm³/mol. The van der Waals surface area contributed by atoms with Gasteiger partial charge in [-0.25, -0.2) is 0 Å². The molecule has 1 aliphatic rings. The summed E-state index contributed by atoms with van der Waals surface area (Å²) in [6.45, 7) is 9.79. The first-order valence-electron chi connectivity index (χ1n) is 7.60. The van der Waals surface area contributed by atoms with E-state index in [1.165, 1.54) is 22.3 Å². The third kappa shape index (κ3) is 3.83. The van der Waals surface area contributed by atoms with Crippen LogP contribution in [0.5, 0.6) is 0 Å². The first-order chi connectivity index (χ1) is 9.88. The molecule has 0 saturated carbocycles. The SMILES string of the molecule is Cc1cc(C)c(CC(C(=O)O)N2CCN(C)CC2)c(C)c1. The number of aryl methyl sites for hydroxylation is 3. The molecule has 1 aliphatic heterocycles. The van der Waals surface area contributed by atoms with Gasteiger partial charge in [0.2, 0.25) is 0 Å². The van der Waals surface area contributed by atoms with Gasteiger partial charge in [0.05, 0.1) is 0 Å². The second-order valence-electron chi connectivity index (χ2n) is 6.27. The fourth-order valence-corrected chi connectivity index (χ4v) is 3.23. The Morgan fingerprint density at radius 1 is 1.14 bits per heavy atom. The Balaban J connectivity index is 2.19. The summed E-state index contributed by atoms with van der Waals surface area (Å²) >= 11 is 0. The Bertz CT molecular complexity index is 497. The van der Waals surface area contributed by atoms with Crippen molar-refractivity contribution in [3.63, 3.8) is 0 Å². The van der Waals surface area contributed by atoms with Crippen molar-refractivity contribution in [2.24, 2.45) is 0 Å². The average Bonchev–Trinajstić information content (AvgIpc) is 2.39. The molecule has 0 aliphatic carbocycles. The quantitative estimate of drug-likeness (QED) is 0.919. The number of likely N-dealkylation sites (N-methyl/N-ethyl adjacent to an activating group) is 1. The molecule has 21 heavy (non-hydrogen) atoms. The van der Waals surface area contributed by atoms with E-state index >= 15 is 0 Å². The number of benzene rings is 1. The van der Waals surface area contributed by atoms with Crippen LogP contribution in [0.15, 0.2) is 12.1 Å². The number of carboxylic acid groups (broad SMARTS) is 1. The predicted octanol–water partition coefficient (Wildman–Crippen LogP) is 1.85. The van der Waals surface area contributed by atoms with Crippen LogP contribution in [-0.2, 0) is 11.2 Å². The molecule has 4 nitrogen and oxygen atoms in total. The van der Waals surface area contributed by atoms with E-state index < -0.39 is 12.0 Å². The number of hydrogen-bond acceptors (Lipinski definition) is 3. The molecule has 1 unspecified atom stereocenters. The molecule has 0 radical (unpaired) electrons. The topological polar surface area (TPSA) is 43.8 Å². The molecular weight excluding hydrogens is 264 g/mol. The van der Waals surface area contributed by atoms with Crippen LogP contribution in [-0.4, -0.2) is 60.1 Å². The van der Waals surface area contributed by atoms with Gasteiger partial charge < -0.3 is 10.0 Å². The van der Waals surface area contributed by atoms with Crippen molar-refractivity contribution in [3.05, 3.63) is 34.4 Å². The van der Waals surface area contributed by atoms with Gasteiger partial charge >= 0.3 is 5.97 Å². The monoisotopic (exact) mass is 290 g/mol. The fraction of sp³-hybridized carbons (Fsp3) is 0.588. The maximum atomic E-state index is 11.7. The molecule has 1 N–H and O–H groups in total.